The summed E-state index contributed by atoms with van der Waals surface area (Å²) in [4.78, 5) is 15.7. The molecular weight excluding hydrogens is 309 g/mol. The Labute approximate surface area is 128 Å². The van der Waals surface area contributed by atoms with E-state index in [9.17, 15) is 9.18 Å². The van der Waals surface area contributed by atoms with E-state index in [0.717, 1.165) is 11.8 Å². The van der Waals surface area contributed by atoms with Crippen LogP contribution < -0.4 is 0 Å². The van der Waals surface area contributed by atoms with E-state index in [0.29, 0.717) is 23.2 Å². The Hall–Kier alpha value is -2.55. The first-order chi connectivity index (χ1) is 10.7. The largest absolute Gasteiger partial charge is 0.414 e. The maximum absolute atomic E-state index is 12.8. The van der Waals surface area contributed by atoms with Crippen LogP contribution in [0.5, 0.6) is 0 Å². The van der Waals surface area contributed by atoms with Gasteiger partial charge in [0.25, 0.3) is 5.22 Å². The fourth-order valence-electron chi connectivity index (χ4n) is 1.66. The Morgan fingerprint density at radius 2 is 2.09 bits per heavy atom. The molecule has 3 aromatic rings. The van der Waals surface area contributed by atoms with E-state index in [1.54, 1.807) is 4.68 Å². The normalized spacial score (nSPS) is 10.8. The average Bonchev–Trinajstić information content (AvgIpc) is 3.18. The first-order valence-corrected chi connectivity index (χ1v) is 7.25. The average molecular weight is 319 g/mol. The van der Waals surface area contributed by atoms with E-state index in [-0.39, 0.29) is 17.4 Å². The Morgan fingerprint density at radius 1 is 1.27 bits per heavy atom. The zero-order valence-electron chi connectivity index (χ0n) is 11.2. The number of ketones is 1. The van der Waals surface area contributed by atoms with Gasteiger partial charge < -0.3 is 4.42 Å². The molecule has 112 valence electrons. The lowest BCUT2D eigenvalue weighted by Crippen LogP contribution is -2.02. The highest BCUT2D eigenvalue weighted by Gasteiger charge is 2.12. The molecule has 2 aromatic heterocycles. The summed E-state index contributed by atoms with van der Waals surface area (Å²) in [5, 5.41) is 11.9. The van der Waals surface area contributed by atoms with Gasteiger partial charge in [-0.15, -0.1) is 10.2 Å². The van der Waals surface area contributed by atoms with Crippen LogP contribution in [0.25, 0.3) is 0 Å². The molecule has 0 N–H and O–H groups in total. The maximum Gasteiger partial charge on any atom is 0.277 e. The number of Topliss-reactive ketones (excluding diaryl/α,β-unsaturated/α-hetero) is 1. The number of thioether (sulfide) groups is 1. The number of aromatic nitrogens is 5. The molecule has 3 rings (SSSR count). The molecule has 1 aromatic carbocycles. The van der Waals surface area contributed by atoms with Gasteiger partial charge in [0, 0.05) is 5.56 Å². The second kappa shape index (κ2) is 6.48. The van der Waals surface area contributed by atoms with Crippen molar-refractivity contribution in [3.05, 3.63) is 54.2 Å². The number of nitrogens with zero attached hydrogens (tertiary/aromatic N) is 5. The van der Waals surface area contributed by atoms with Crippen LogP contribution in [0, 0.1) is 5.82 Å². The minimum atomic E-state index is -0.376. The molecule has 22 heavy (non-hydrogen) atoms. The fourth-order valence-corrected chi connectivity index (χ4v) is 2.33. The third-order valence-electron chi connectivity index (χ3n) is 2.71. The van der Waals surface area contributed by atoms with Gasteiger partial charge >= 0.3 is 0 Å². The summed E-state index contributed by atoms with van der Waals surface area (Å²) in [5.74, 6) is -0.00142. The van der Waals surface area contributed by atoms with Crippen molar-refractivity contribution in [1.82, 2.24) is 25.0 Å². The first kappa shape index (κ1) is 14.4. The van der Waals surface area contributed by atoms with Crippen LogP contribution in [0.3, 0.4) is 0 Å². The summed E-state index contributed by atoms with van der Waals surface area (Å²) in [7, 11) is 0. The number of halogens is 1. The van der Waals surface area contributed by atoms with E-state index < -0.39 is 0 Å². The molecule has 0 saturated heterocycles. The second-order valence-electron chi connectivity index (χ2n) is 4.27. The number of carbonyl (C=O) groups is 1. The fraction of sp³-hybridized carbons (Fsp3) is 0.154. The summed E-state index contributed by atoms with van der Waals surface area (Å²) in [5.41, 5.74) is 0.441. The molecule has 0 aliphatic heterocycles. The zero-order valence-corrected chi connectivity index (χ0v) is 12.0. The second-order valence-corrected chi connectivity index (χ2v) is 5.20. The highest BCUT2D eigenvalue weighted by atomic mass is 32.2. The lowest BCUT2D eigenvalue weighted by molar-refractivity contribution is 0.102. The first-order valence-electron chi connectivity index (χ1n) is 6.27. The van der Waals surface area contributed by atoms with Gasteiger partial charge in [0.15, 0.2) is 5.78 Å². The van der Waals surface area contributed by atoms with E-state index in [1.165, 1.54) is 36.9 Å². The quantitative estimate of drug-likeness (QED) is 0.506. The third kappa shape index (κ3) is 3.55. The van der Waals surface area contributed by atoms with Crippen molar-refractivity contribution in [2.45, 2.75) is 11.8 Å². The Bertz CT molecular complexity index is 757. The molecule has 0 radical (unpaired) electrons. The number of hydrogen-bond donors (Lipinski definition) is 0. The molecule has 7 nitrogen and oxygen atoms in total. The van der Waals surface area contributed by atoms with Crippen LogP contribution in [0.15, 0.2) is 46.6 Å². The van der Waals surface area contributed by atoms with E-state index in [1.807, 2.05) is 0 Å². The molecule has 0 unspecified atom stereocenters. The molecule has 0 aliphatic rings. The smallest absolute Gasteiger partial charge is 0.277 e. The molecule has 2 heterocycles. The SMILES string of the molecule is O=C(CSc1nnc(Cn2cncn2)o1)c1ccc(F)cc1. The standard InChI is InChI=1S/C13H10FN5O2S/c14-10-3-1-9(2-4-10)11(20)6-22-13-18-17-12(21-13)5-19-8-15-7-16-19/h1-4,7-8H,5-6H2. The number of carbonyl (C=O) groups excluding carboxylic acids is 1. The van der Waals surface area contributed by atoms with Crippen LogP contribution in [-0.2, 0) is 6.54 Å². The lowest BCUT2D eigenvalue weighted by Gasteiger charge is -1.98. The van der Waals surface area contributed by atoms with Crippen molar-refractivity contribution < 1.29 is 13.6 Å². The van der Waals surface area contributed by atoms with Gasteiger partial charge in [0.1, 0.15) is 25.0 Å². The zero-order chi connectivity index (χ0) is 15.4. The number of benzene rings is 1. The van der Waals surface area contributed by atoms with Crippen molar-refractivity contribution in [3.63, 3.8) is 0 Å². The minimum Gasteiger partial charge on any atom is -0.414 e. The summed E-state index contributed by atoms with van der Waals surface area (Å²) >= 11 is 1.13. The molecular formula is C13H10FN5O2S. The lowest BCUT2D eigenvalue weighted by atomic mass is 10.1. The van der Waals surface area contributed by atoms with Crippen LogP contribution in [0.1, 0.15) is 16.2 Å². The van der Waals surface area contributed by atoms with Gasteiger partial charge in [0.05, 0.1) is 5.75 Å². The van der Waals surface area contributed by atoms with Crippen LogP contribution in [-0.4, -0.2) is 36.5 Å². The summed E-state index contributed by atoms with van der Waals surface area (Å²) in [6.07, 6.45) is 2.95. The molecule has 0 spiro atoms. The van der Waals surface area contributed by atoms with Gasteiger partial charge in [-0.1, -0.05) is 11.8 Å². The van der Waals surface area contributed by atoms with Crippen molar-refractivity contribution in [2.24, 2.45) is 0 Å². The molecule has 0 saturated carbocycles. The molecule has 9 heteroatoms. The van der Waals surface area contributed by atoms with Gasteiger partial charge in [-0.25, -0.2) is 14.1 Å². The summed E-state index contributed by atoms with van der Waals surface area (Å²) in [6.45, 7) is 0.319. The van der Waals surface area contributed by atoms with Gasteiger partial charge in [-0.3, -0.25) is 4.79 Å². The van der Waals surface area contributed by atoms with Gasteiger partial charge in [-0.2, -0.15) is 5.10 Å². The van der Waals surface area contributed by atoms with Crippen LogP contribution in [0.4, 0.5) is 4.39 Å². The maximum atomic E-state index is 12.8. The molecule has 0 fully saturated rings. The predicted octanol–water partition coefficient (Wildman–Crippen LogP) is 1.82. The Kier molecular flexibility index (Phi) is 4.24. The summed E-state index contributed by atoms with van der Waals surface area (Å²) < 4.78 is 19.7. The minimum absolute atomic E-state index is 0.136. The molecule has 0 amide bonds. The topological polar surface area (TPSA) is 86.7 Å². The molecule has 0 bridgehead atoms. The Balaban J connectivity index is 1.56. The molecule has 0 atom stereocenters. The van der Waals surface area contributed by atoms with E-state index in [4.69, 9.17) is 4.42 Å². The van der Waals surface area contributed by atoms with Crippen molar-refractivity contribution in [3.8, 4) is 0 Å². The monoisotopic (exact) mass is 319 g/mol. The summed E-state index contributed by atoms with van der Waals surface area (Å²) in [6, 6.07) is 5.39. The highest BCUT2D eigenvalue weighted by molar-refractivity contribution is 7.99. The van der Waals surface area contributed by atoms with Crippen LogP contribution in [0.2, 0.25) is 0 Å². The Morgan fingerprint density at radius 3 is 2.82 bits per heavy atom. The molecule has 0 aliphatic carbocycles. The van der Waals surface area contributed by atoms with Crippen molar-refractivity contribution in [1.29, 1.82) is 0 Å². The van der Waals surface area contributed by atoms with Gasteiger partial charge in [0.2, 0.25) is 5.89 Å². The predicted molar refractivity (Wildman–Crippen MR) is 74.9 cm³/mol. The number of hydrogen-bond acceptors (Lipinski definition) is 7. The van der Waals surface area contributed by atoms with Crippen molar-refractivity contribution in [2.75, 3.05) is 5.75 Å². The highest BCUT2D eigenvalue weighted by Crippen LogP contribution is 2.18. The van der Waals surface area contributed by atoms with Crippen LogP contribution >= 0.6 is 11.8 Å². The van der Waals surface area contributed by atoms with E-state index in [2.05, 4.69) is 20.3 Å². The number of rotatable bonds is 6. The third-order valence-corrected chi connectivity index (χ3v) is 3.52. The van der Waals surface area contributed by atoms with Crippen molar-refractivity contribution >= 4 is 17.5 Å². The van der Waals surface area contributed by atoms with Gasteiger partial charge in [-0.05, 0) is 24.3 Å². The van der Waals surface area contributed by atoms with E-state index >= 15 is 0 Å².